The first-order valence-corrected chi connectivity index (χ1v) is 9.69. The Morgan fingerprint density at radius 1 is 1.41 bits per heavy atom. The topological polar surface area (TPSA) is 79.8 Å². The number of carbonyl (C=O) groups excluding carboxylic acids is 1. The van der Waals surface area contributed by atoms with Crippen LogP contribution < -0.4 is 20.1 Å². The fourth-order valence-electron chi connectivity index (χ4n) is 4.14. The maximum Gasteiger partial charge on any atom is 0.223 e. The number of aliphatic hydroxyl groups excluding tert-OH is 1. The number of fused-ring (bicyclic) bond motifs is 1. The molecule has 1 saturated carbocycles. The van der Waals surface area contributed by atoms with Gasteiger partial charge in [-0.1, -0.05) is 0 Å². The Labute approximate surface area is 166 Å². The van der Waals surface area contributed by atoms with Gasteiger partial charge in [-0.2, -0.15) is 0 Å². The van der Waals surface area contributed by atoms with E-state index >= 15 is 0 Å². The number of hydrogen-bond donors (Lipinski definition) is 3. The highest BCUT2D eigenvalue weighted by Gasteiger charge is 2.46. The number of amides is 1. The van der Waals surface area contributed by atoms with E-state index in [-0.39, 0.29) is 48.3 Å². The van der Waals surface area contributed by atoms with Gasteiger partial charge in [0.15, 0.2) is 0 Å². The lowest BCUT2D eigenvalue weighted by molar-refractivity contribution is -0.122. The maximum absolute atomic E-state index is 12.5. The molecule has 2 aliphatic heterocycles. The van der Waals surface area contributed by atoms with Crippen molar-refractivity contribution in [3.05, 3.63) is 23.3 Å². The van der Waals surface area contributed by atoms with E-state index in [2.05, 4.69) is 29.7 Å². The molecule has 2 fully saturated rings. The van der Waals surface area contributed by atoms with Crippen LogP contribution in [0.2, 0.25) is 0 Å². The Bertz CT molecular complexity index is 699. The van der Waals surface area contributed by atoms with Gasteiger partial charge in [0.05, 0.1) is 12.7 Å². The molecule has 1 aromatic rings. The molecule has 2 heterocycles. The van der Waals surface area contributed by atoms with Crippen LogP contribution in [0.1, 0.15) is 37.3 Å². The number of nitrogens with one attached hydrogen (secondary N) is 2. The van der Waals surface area contributed by atoms with Crippen LogP contribution in [0.25, 0.3) is 0 Å². The zero-order valence-electron chi connectivity index (χ0n) is 15.9. The number of rotatable bonds is 6. The molecule has 0 aromatic heterocycles. The van der Waals surface area contributed by atoms with Crippen LogP contribution in [0, 0.1) is 11.8 Å². The molecule has 0 spiro atoms. The van der Waals surface area contributed by atoms with Gasteiger partial charge < -0.3 is 25.2 Å². The zero-order valence-corrected chi connectivity index (χ0v) is 16.7. The van der Waals surface area contributed by atoms with Gasteiger partial charge in [-0.25, -0.2) is 0 Å². The molecule has 0 bridgehead atoms. The van der Waals surface area contributed by atoms with Crippen molar-refractivity contribution >= 4 is 18.3 Å². The zero-order chi connectivity index (χ0) is 18.3. The van der Waals surface area contributed by atoms with Crippen molar-refractivity contribution in [1.82, 2.24) is 10.6 Å². The first-order chi connectivity index (χ1) is 12.6. The molecule has 6 nitrogen and oxygen atoms in total. The molecule has 5 atom stereocenters. The largest absolute Gasteiger partial charge is 0.494 e. The van der Waals surface area contributed by atoms with Gasteiger partial charge >= 0.3 is 0 Å². The summed E-state index contributed by atoms with van der Waals surface area (Å²) in [7, 11) is 0. The summed E-state index contributed by atoms with van der Waals surface area (Å²) in [5, 5.41) is 16.0. The Hall–Kier alpha value is -1.50. The van der Waals surface area contributed by atoms with Crippen LogP contribution in [0.4, 0.5) is 0 Å². The summed E-state index contributed by atoms with van der Waals surface area (Å²) < 4.78 is 11.7. The summed E-state index contributed by atoms with van der Waals surface area (Å²) in [6.07, 6.45) is 1.57. The summed E-state index contributed by atoms with van der Waals surface area (Å²) in [5.74, 6) is 2.17. The van der Waals surface area contributed by atoms with Gasteiger partial charge in [0, 0.05) is 54.9 Å². The van der Waals surface area contributed by atoms with Crippen molar-refractivity contribution < 1.29 is 19.4 Å². The Morgan fingerprint density at radius 3 is 2.93 bits per heavy atom. The maximum atomic E-state index is 12.5. The van der Waals surface area contributed by atoms with Crippen LogP contribution >= 0.6 is 12.4 Å². The number of aliphatic hydroxyl groups is 1. The second-order valence-corrected chi connectivity index (χ2v) is 7.74. The molecule has 1 aromatic carbocycles. The molecule has 7 heteroatoms. The molecule has 1 amide bonds. The Morgan fingerprint density at radius 2 is 2.22 bits per heavy atom. The van der Waals surface area contributed by atoms with Crippen molar-refractivity contribution in [3.8, 4) is 11.5 Å². The molecule has 4 rings (SSSR count). The van der Waals surface area contributed by atoms with Crippen LogP contribution in [0.5, 0.6) is 11.5 Å². The van der Waals surface area contributed by atoms with E-state index in [1.807, 2.05) is 6.92 Å². The molecule has 150 valence electrons. The number of carbonyl (C=O) groups is 1. The average molecular weight is 397 g/mol. The Balaban J connectivity index is 0.00000210. The highest BCUT2D eigenvalue weighted by atomic mass is 35.5. The number of ether oxygens (including phenoxy) is 2. The lowest BCUT2D eigenvalue weighted by atomic mass is 10.0. The monoisotopic (exact) mass is 396 g/mol. The summed E-state index contributed by atoms with van der Waals surface area (Å²) in [6, 6.07) is 4.16. The van der Waals surface area contributed by atoms with Crippen molar-refractivity contribution in [3.63, 3.8) is 0 Å². The van der Waals surface area contributed by atoms with E-state index in [1.54, 1.807) is 0 Å². The first kappa shape index (κ1) is 20.2. The molecular formula is C20H29ClN2O4. The summed E-state index contributed by atoms with van der Waals surface area (Å²) in [5.41, 5.74) is 2.27. The van der Waals surface area contributed by atoms with E-state index in [0.717, 1.165) is 36.4 Å². The molecule has 5 unspecified atom stereocenters. The van der Waals surface area contributed by atoms with Crippen LogP contribution in [-0.4, -0.2) is 49.5 Å². The third kappa shape index (κ3) is 4.18. The SMILES string of the molecule is CCOc1cc2c(cc1C1CC1C(=O)NCC1CNCC1O)OC(C)C2.Cl. The predicted octanol–water partition coefficient (Wildman–Crippen LogP) is 1.63. The van der Waals surface area contributed by atoms with Crippen molar-refractivity contribution in [2.24, 2.45) is 11.8 Å². The van der Waals surface area contributed by atoms with E-state index in [0.29, 0.717) is 19.7 Å². The second kappa shape index (κ2) is 8.25. The smallest absolute Gasteiger partial charge is 0.223 e. The third-order valence-corrected chi connectivity index (χ3v) is 5.70. The van der Waals surface area contributed by atoms with E-state index < -0.39 is 0 Å². The molecule has 1 aliphatic carbocycles. The van der Waals surface area contributed by atoms with Gasteiger partial charge in [-0.15, -0.1) is 12.4 Å². The highest BCUT2D eigenvalue weighted by molar-refractivity contribution is 5.85. The number of halogens is 1. The molecule has 3 aliphatic rings. The van der Waals surface area contributed by atoms with Crippen molar-refractivity contribution in [1.29, 1.82) is 0 Å². The molecule has 3 N–H and O–H groups in total. The Kier molecular flexibility index (Phi) is 6.18. The first-order valence-electron chi connectivity index (χ1n) is 9.69. The van der Waals surface area contributed by atoms with E-state index in [9.17, 15) is 9.90 Å². The lowest BCUT2D eigenvalue weighted by Gasteiger charge is -2.15. The minimum absolute atomic E-state index is 0. The highest BCUT2D eigenvalue weighted by Crippen LogP contribution is 2.52. The van der Waals surface area contributed by atoms with Crippen LogP contribution in [-0.2, 0) is 11.2 Å². The molecule has 0 radical (unpaired) electrons. The van der Waals surface area contributed by atoms with Crippen molar-refractivity contribution in [2.75, 3.05) is 26.2 Å². The molecule has 27 heavy (non-hydrogen) atoms. The summed E-state index contributed by atoms with van der Waals surface area (Å²) in [6.45, 7) is 6.55. The summed E-state index contributed by atoms with van der Waals surface area (Å²) >= 11 is 0. The van der Waals surface area contributed by atoms with Gasteiger partial charge in [-0.05, 0) is 32.4 Å². The van der Waals surface area contributed by atoms with Gasteiger partial charge in [0.2, 0.25) is 5.91 Å². The normalized spacial score (nSPS) is 30.9. The minimum atomic E-state index is -0.370. The van der Waals surface area contributed by atoms with Gasteiger partial charge in [-0.3, -0.25) is 4.79 Å². The number of benzene rings is 1. The molecule has 1 saturated heterocycles. The van der Waals surface area contributed by atoms with Gasteiger partial charge in [0.25, 0.3) is 0 Å². The van der Waals surface area contributed by atoms with E-state index in [1.165, 1.54) is 5.56 Å². The van der Waals surface area contributed by atoms with Gasteiger partial charge in [0.1, 0.15) is 17.6 Å². The third-order valence-electron chi connectivity index (χ3n) is 5.70. The summed E-state index contributed by atoms with van der Waals surface area (Å²) in [4.78, 5) is 12.5. The minimum Gasteiger partial charge on any atom is -0.494 e. The molecular weight excluding hydrogens is 368 g/mol. The second-order valence-electron chi connectivity index (χ2n) is 7.74. The number of hydrogen-bond acceptors (Lipinski definition) is 5. The van der Waals surface area contributed by atoms with E-state index in [4.69, 9.17) is 9.47 Å². The fourth-order valence-corrected chi connectivity index (χ4v) is 4.14. The lowest BCUT2D eigenvalue weighted by Crippen LogP contribution is -2.35. The predicted molar refractivity (Wildman–Crippen MR) is 105 cm³/mol. The standard InChI is InChI=1S/C20H28N2O4.ClH/c1-3-25-19-5-12-4-11(2)26-18(12)7-15(19)14-6-16(14)20(24)22-9-13-8-21-10-17(13)23;/h5,7,11,13-14,16-17,21,23H,3-4,6,8-10H2,1-2H3,(H,22,24);1H. The van der Waals surface area contributed by atoms with Crippen molar-refractivity contribution in [2.45, 2.75) is 44.8 Å². The van der Waals surface area contributed by atoms with Crippen LogP contribution in [0.15, 0.2) is 12.1 Å². The quantitative estimate of drug-likeness (QED) is 0.681. The average Bonchev–Trinajstić information content (AvgIpc) is 3.17. The fraction of sp³-hybridized carbons (Fsp3) is 0.650. The van der Waals surface area contributed by atoms with Crippen LogP contribution in [0.3, 0.4) is 0 Å². The number of β-amino-alcohol motifs (C(OH)–C–C–N with tert-alkyl or cyclic N) is 1.